The minimum atomic E-state index is -4.36. The van der Waals surface area contributed by atoms with Gasteiger partial charge in [0.05, 0.1) is 18.7 Å². The number of nitrogens with one attached hydrogen (secondary N) is 1. The standard InChI is InChI=1S/C20H18F3NO/c1-25-12-9-10-18-16(11-12)13-6-4-7-14(13)19(24-18)15-5-2-3-8-17(15)20(21,22)23/h2-6,8-11,13-14,19,24H,7H2,1H3/t13-,14-,19-/m1/s1. The van der Waals surface area contributed by atoms with Crippen molar-refractivity contribution in [2.45, 2.75) is 24.6 Å². The number of methoxy groups -OCH3 is 1. The number of fused-ring (bicyclic) bond motifs is 3. The molecule has 0 amide bonds. The van der Waals surface area contributed by atoms with Gasteiger partial charge in [0.1, 0.15) is 5.75 Å². The molecule has 1 N–H and O–H groups in total. The van der Waals surface area contributed by atoms with E-state index >= 15 is 0 Å². The molecule has 0 aromatic heterocycles. The Morgan fingerprint density at radius 3 is 2.64 bits per heavy atom. The van der Waals surface area contributed by atoms with E-state index in [-0.39, 0.29) is 17.9 Å². The first-order valence-corrected chi connectivity index (χ1v) is 8.26. The van der Waals surface area contributed by atoms with Crippen molar-refractivity contribution >= 4 is 5.69 Å². The van der Waals surface area contributed by atoms with Crippen LogP contribution in [-0.4, -0.2) is 7.11 Å². The second-order valence-electron chi connectivity index (χ2n) is 6.51. The smallest absolute Gasteiger partial charge is 0.416 e. The lowest BCUT2D eigenvalue weighted by Gasteiger charge is -2.38. The highest BCUT2D eigenvalue weighted by Crippen LogP contribution is 2.52. The van der Waals surface area contributed by atoms with Crippen molar-refractivity contribution in [3.63, 3.8) is 0 Å². The summed E-state index contributed by atoms with van der Waals surface area (Å²) in [5.41, 5.74) is 1.71. The van der Waals surface area contributed by atoms with Crippen molar-refractivity contribution < 1.29 is 17.9 Å². The Bertz CT molecular complexity index is 828. The molecule has 1 aliphatic carbocycles. The topological polar surface area (TPSA) is 21.3 Å². The maximum atomic E-state index is 13.5. The van der Waals surface area contributed by atoms with Crippen LogP contribution in [0.4, 0.5) is 18.9 Å². The van der Waals surface area contributed by atoms with Crippen LogP contribution in [0, 0.1) is 5.92 Å². The zero-order chi connectivity index (χ0) is 17.6. The minimum absolute atomic E-state index is 0.0584. The molecule has 2 nitrogen and oxygen atoms in total. The van der Waals surface area contributed by atoms with Crippen LogP contribution >= 0.6 is 0 Å². The van der Waals surface area contributed by atoms with E-state index in [0.29, 0.717) is 5.56 Å². The first kappa shape index (κ1) is 16.1. The summed E-state index contributed by atoms with van der Waals surface area (Å²) in [5, 5.41) is 3.35. The Labute approximate surface area is 144 Å². The number of halogens is 3. The Hall–Kier alpha value is -2.43. The number of rotatable bonds is 2. The SMILES string of the molecule is COc1ccc2c(c1)[C@@H]1C=CC[C@H]1[C@H](c1ccccc1C(F)(F)F)N2. The number of benzene rings is 2. The van der Waals surface area contributed by atoms with Crippen LogP contribution in [0.1, 0.15) is 35.1 Å². The molecule has 0 unspecified atom stereocenters. The van der Waals surface area contributed by atoms with Gasteiger partial charge in [-0.15, -0.1) is 0 Å². The third-order valence-corrected chi connectivity index (χ3v) is 5.17. The van der Waals surface area contributed by atoms with Crippen LogP contribution < -0.4 is 10.1 Å². The second kappa shape index (κ2) is 5.83. The van der Waals surface area contributed by atoms with Gasteiger partial charge in [0, 0.05) is 11.6 Å². The number of anilines is 1. The van der Waals surface area contributed by atoms with E-state index in [2.05, 4.69) is 17.5 Å². The van der Waals surface area contributed by atoms with Crippen LogP contribution in [0.3, 0.4) is 0 Å². The Kier molecular flexibility index (Phi) is 3.74. The average molecular weight is 345 g/mol. The number of hydrogen-bond donors (Lipinski definition) is 1. The van der Waals surface area contributed by atoms with Gasteiger partial charge in [-0.1, -0.05) is 30.4 Å². The van der Waals surface area contributed by atoms with E-state index in [1.807, 2.05) is 18.2 Å². The molecule has 0 bridgehead atoms. The molecule has 130 valence electrons. The van der Waals surface area contributed by atoms with Crippen molar-refractivity contribution in [2.75, 3.05) is 12.4 Å². The van der Waals surface area contributed by atoms with Gasteiger partial charge in [0.25, 0.3) is 0 Å². The van der Waals surface area contributed by atoms with Gasteiger partial charge in [0.15, 0.2) is 0 Å². The summed E-state index contributed by atoms with van der Waals surface area (Å²) < 4.78 is 45.7. The monoisotopic (exact) mass is 345 g/mol. The van der Waals surface area contributed by atoms with Crippen molar-refractivity contribution in [1.29, 1.82) is 0 Å². The van der Waals surface area contributed by atoms with Crippen LogP contribution in [0.5, 0.6) is 5.75 Å². The van der Waals surface area contributed by atoms with Crippen molar-refractivity contribution in [3.05, 3.63) is 71.3 Å². The molecule has 2 aromatic carbocycles. The second-order valence-corrected chi connectivity index (χ2v) is 6.51. The Morgan fingerprint density at radius 1 is 1.08 bits per heavy atom. The van der Waals surface area contributed by atoms with Crippen molar-refractivity contribution in [2.24, 2.45) is 5.92 Å². The Morgan fingerprint density at radius 2 is 1.88 bits per heavy atom. The van der Waals surface area contributed by atoms with E-state index in [0.717, 1.165) is 29.5 Å². The van der Waals surface area contributed by atoms with Gasteiger partial charge in [-0.05, 0) is 47.7 Å². The summed E-state index contributed by atoms with van der Waals surface area (Å²) in [4.78, 5) is 0. The molecule has 0 fully saturated rings. The molecule has 2 aliphatic rings. The zero-order valence-electron chi connectivity index (χ0n) is 13.7. The summed E-state index contributed by atoms with van der Waals surface area (Å²) in [6, 6.07) is 11.2. The predicted octanol–water partition coefficient (Wildman–Crippen LogP) is 5.54. The fourth-order valence-electron chi connectivity index (χ4n) is 4.03. The van der Waals surface area contributed by atoms with Gasteiger partial charge in [0.2, 0.25) is 0 Å². The van der Waals surface area contributed by atoms with E-state index in [4.69, 9.17) is 4.74 Å². The Balaban J connectivity index is 1.81. The minimum Gasteiger partial charge on any atom is -0.497 e. The zero-order valence-corrected chi connectivity index (χ0v) is 13.7. The fraction of sp³-hybridized carbons (Fsp3) is 0.300. The lowest BCUT2D eigenvalue weighted by atomic mass is 9.76. The van der Waals surface area contributed by atoms with E-state index in [9.17, 15) is 13.2 Å². The third kappa shape index (κ3) is 2.68. The number of allylic oxidation sites excluding steroid dienone is 2. The highest BCUT2D eigenvalue weighted by molar-refractivity contribution is 5.62. The van der Waals surface area contributed by atoms with E-state index in [1.54, 1.807) is 19.2 Å². The van der Waals surface area contributed by atoms with E-state index < -0.39 is 11.7 Å². The summed E-state index contributed by atoms with van der Waals surface area (Å²) in [6.45, 7) is 0. The number of ether oxygens (including phenoxy) is 1. The molecule has 3 atom stereocenters. The molecule has 0 radical (unpaired) electrons. The number of alkyl halides is 3. The van der Waals surface area contributed by atoms with Gasteiger partial charge in [-0.2, -0.15) is 13.2 Å². The molecule has 0 spiro atoms. The summed E-state index contributed by atoms with van der Waals surface area (Å²) >= 11 is 0. The molecular formula is C20H18F3NO. The van der Waals surface area contributed by atoms with Gasteiger partial charge in [-0.25, -0.2) is 0 Å². The predicted molar refractivity (Wildman–Crippen MR) is 90.8 cm³/mol. The lowest BCUT2D eigenvalue weighted by Crippen LogP contribution is -2.30. The molecule has 0 saturated carbocycles. The molecule has 1 heterocycles. The summed E-state index contributed by atoms with van der Waals surface area (Å²) in [6.07, 6.45) is 0.562. The van der Waals surface area contributed by atoms with Gasteiger partial charge >= 0.3 is 6.18 Å². The number of hydrogen-bond acceptors (Lipinski definition) is 2. The van der Waals surface area contributed by atoms with Crippen LogP contribution in [0.15, 0.2) is 54.6 Å². The maximum absolute atomic E-state index is 13.5. The van der Waals surface area contributed by atoms with E-state index in [1.165, 1.54) is 6.07 Å². The molecule has 1 aliphatic heterocycles. The molecule has 0 saturated heterocycles. The highest BCUT2D eigenvalue weighted by atomic mass is 19.4. The van der Waals surface area contributed by atoms with Crippen LogP contribution in [0.25, 0.3) is 0 Å². The van der Waals surface area contributed by atoms with Crippen molar-refractivity contribution in [1.82, 2.24) is 0 Å². The normalized spacial score (nSPS) is 24.4. The molecule has 2 aromatic rings. The fourth-order valence-corrected chi connectivity index (χ4v) is 4.03. The molecular weight excluding hydrogens is 327 g/mol. The first-order chi connectivity index (χ1) is 12.0. The van der Waals surface area contributed by atoms with Crippen LogP contribution in [-0.2, 0) is 6.18 Å². The first-order valence-electron chi connectivity index (χ1n) is 8.26. The van der Waals surface area contributed by atoms with Gasteiger partial charge < -0.3 is 10.1 Å². The average Bonchev–Trinajstić information content (AvgIpc) is 3.10. The maximum Gasteiger partial charge on any atom is 0.416 e. The van der Waals surface area contributed by atoms with Crippen LogP contribution in [0.2, 0.25) is 0 Å². The molecule has 5 heteroatoms. The lowest BCUT2D eigenvalue weighted by molar-refractivity contribution is -0.138. The highest BCUT2D eigenvalue weighted by Gasteiger charge is 2.42. The summed E-state index contributed by atoms with van der Waals surface area (Å²) in [7, 11) is 1.61. The molecule has 25 heavy (non-hydrogen) atoms. The largest absolute Gasteiger partial charge is 0.497 e. The van der Waals surface area contributed by atoms with Gasteiger partial charge in [-0.3, -0.25) is 0 Å². The summed E-state index contributed by atoms with van der Waals surface area (Å²) in [5.74, 6) is 0.912. The van der Waals surface area contributed by atoms with Crippen molar-refractivity contribution in [3.8, 4) is 5.75 Å². The third-order valence-electron chi connectivity index (χ3n) is 5.17. The molecule has 4 rings (SSSR count). The quantitative estimate of drug-likeness (QED) is 0.722.